The highest BCUT2D eigenvalue weighted by Gasteiger charge is 2.43. The Morgan fingerprint density at radius 2 is 1.97 bits per heavy atom. The van der Waals surface area contributed by atoms with Crippen molar-refractivity contribution in [2.24, 2.45) is 0 Å². The second-order valence-corrected chi connectivity index (χ2v) is 7.55. The Morgan fingerprint density at radius 1 is 1.20 bits per heavy atom. The van der Waals surface area contributed by atoms with Crippen LogP contribution in [0.4, 0.5) is 13.2 Å². The fourth-order valence-corrected chi connectivity index (χ4v) is 4.05. The van der Waals surface area contributed by atoms with Crippen LogP contribution < -0.4 is 5.32 Å². The molecule has 3 heterocycles. The summed E-state index contributed by atoms with van der Waals surface area (Å²) in [5, 5.41) is 23.2. The fraction of sp³-hybridized carbons (Fsp3) is 0.400. The lowest BCUT2D eigenvalue weighted by molar-refractivity contribution is -0.133. The van der Waals surface area contributed by atoms with E-state index >= 15 is 0 Å². The molecule has 2 atom stereocenters. The van der Waals surface area contributed by atoms with Gasteiger partial charge in [0.2, 0.25) is 0 Å². The van der Waals surface area contributed by atoms with Crippen molar-refractivity contribution in [2.75, 3.05) is 13.1 Å². The first-order chi connectivity index (χ1) is 14.3. The lowest BCUT2D eigenvalue weighted by atomic mass is 9.97. The van der Waals surface area contributed by atoms with E-state index in [9.17, 15) is 33.0 Å². The quantitative estimate of drug-likeness (QED) is 0.640. The highest BCUT2D eigenvalue weighted by Crippen LogP contribution is 2.34. The number of nitrogens with zero attached hydrogens (tertiary/aromatic N) is 2. The summed E-state index contributed by atoms with van der Waals surface area (Å²) >= 11 is 0. The largest absolute Gasteiger partial charge is 0.507 e. The predicted octanol–water partition coefficient (Wildman–Crippen LogP) is 1.44. The standard InChI is InChI=1S/C20H20F3N3O4/c21-13-5-4-10(14(22)15(13)23)7-24-19(29)12-9-26-11-3-1-2-6-25(8-11)20(30)16(26)18(28)17(12)27/h4-5,9,11,17,27-28H,1-3,6-8H2,(H,24,29). The molecule has 2 amide bonds. The number of hydrogen-bond acceptors (Lipinski definition) is 5. The van der Waals surface area contributed by atoms with Gasteiger partial charge in [0.25, 0.3) is 11.8 Å². The number of amides is 2. The maximum absolute atomic E-state index is 13.8. The summed E-state index contributed by atoms with van der Waals surface area (Å²) in [5.74, 6) is -6.27. The predicted molar refractivity (Wildman–Crippen MR) is 98.0 cm³/mol. The van der Waals surface area contributed by atoms with Crippen molar-refractivity contribution in [3.63, 3.8) is 0 Å². The molecule has 4 rings (SSSR count). The second kappa shape index (κ2) is 7.67. The third-order valence-corrected chi connectivity index (χ3v) is 5.68. The van der Waals surface area contributed by atoms with E-state index < -0.39 is 47.7 Å². The zero-order valence-corrected chi connectivity index (χ0v) is 15.9. The monoisotopic (exact) mass is 423 g/mol. The number of nitrogens with one attached hydrogen (secondary N) is 1. The minimum Gasteiger partial charge on any atom is -0.507 e. The van der Waals surface area contributed by atoms with Crippen molar-refractivity contribution in [3.8, 4) is 0 Å². The molecule has 1 aromatic rings. The van der Waals surface area contributed by atoms with Crippen molar-refractivity contribution in [1.29, 1.82) is 0 Å². The Balaban J connectivity index is 1.57. The Morgan fingerprint density at radius 3 is 2.73 bits per heavy atom. The molecule has 0 aliphatic carbocycles. The number of carbonyl (C=O) groups excluding carboxylic acids is 2. The molecule has 0 aromatic heterocycles. The Labute approximate surface area is 170 Å². The normalized spacial score (nSPS) is 23.7. The van der Waals surface area contributed by atoms with Crippen LogP contribution in [0.2, 0.25) is 0 Å². The maximum atomic E-state index is 13.8. The third-order valence-electron chi connectivity index (χ3n) is 5.68. The molecule has 7 nitrogen and oxygen atoms in total. The average Bonchev–Trinajstić information content (AvgIpc) is 2.95. The molecule has 2 bridgehead atoms. The fourth-order valence-electron chi connectivity index (χ4n) is 4.05. The summed E-state index contributed by atoms with van der Waals surface area (Å²) in [7, 11) is 0. The van der Waals surface area contributed by atoms with Gasteiger partial charge < -0.3 is 25.3 Å². The molecule has 0 radical (unpaired) electrons. The lowest BCUT2D eigenvalue weighted by Crippen LogP contribution is -2.54. The second-order valence-electron chi connectivity index (χ2n) is 7.55. The molecule has 2 saturated heterocycles. The molecule has 2 unspecified atom stereocenters. The first-order valence-corrected chi connectivity index (χ1v) is 9.60. The van der Waals surface area contributed by atoms with Gasteiger partial charge in [-0.15, -0.1) is 0 Å². The van der Waals surface area contributed by atoms with Gasteiger partial charge in [-0.05, 0) is 25.3 Å². The van der Waals surface area contributed by atoms with Gasteiger partial charge in [-0.3, -0.25) is 9.59 Å². The van der Waals surface area contributed by atoms with Crippen LogP contribution in [0.15, 0.2) is 35.4 Å². The summed E-state index contributed by atoms with van der Waals surface area (Å²) in [5.41, 5.74) is -0.560. The summed E-state index contributed by atoms with van der Waals surface area (Å²) in [4.78, 5) is 28.4. The number of aliphatic hydroxyl groups is 2. The van der Waals surface area contributed by atoms with Crippen LogP contribution in [-0.2, 0) is 16.1 Å². The van der Waals surface area contributed by atoms with Crippen molar-refractivity contribution >= 4 is 11.8 Å². The van der Waals surface area contributed by atoms with Crippen molar-refractivity contribution < 1.29 is 33.0 Å². The van der Waals surface area contributed by atoms with E-state index in [1.54, 1.807) is 4.90 Å². The molecule has 1 aromatic carbocycles. The zero-order chi connectivity index (χ0) is 21.6. The van der Waals surface area contributed by atoms with Crippen LogP contribution in [0.1, 0.15) is 24.8 Å². The van der Waals surface area contributed by atoms with E-state index in [1.807, 2.05) is 0 Å². The number of hydrogen-bond donors (Lipinski definition) is 3. The molecule has 3 aliphatic rings. The molecule has 3 aliphatic heterocycles. The number of piperazine rings is 1. The topological polar surface area (TPSA) is 93.1 Å². The number of halogens is 3. The van der Waals surface area contributed by atoms with Crippen LogP contribution in [0, 0.1) is 17.5 Å². The summed E-state index contributed by atoms with van der Waals surface area (Å²) < 4.78 is 40.2. The van der Waals surface area contributed by atoms with Crippen LogP contribution >= 0.6 is 0 Å². The molecule has 0 spiro atoms. The Bertz CT molecular complexity index is 978. The summed E-state index contributed by atoms with van der Waals surface area (Å²) in [6.07, 6.45) is 2.01. The number of carbonyl (C=O) groups is 2. The van der Waals surface area contributed by atoms with Crippen LogP contribution in [0.5, 0.6) is 0 Å². The van der Waals surface area contributed by atoms with Crippen molar-refractivity contribution in [1.82, 2.24) is 15.1 Å². The van der Waals surface area contributed by atoms with Crippen molar-refractivity contribution in [3.05, 3.63) is 58.4 Å². The van der Waals surface area contributed by atoms with Gasteiger partial charge in [-0.1, -0.05) is 6.07 Å². The Kier molecular flexibility index (Phi) is 5.19. The molecular formula is C20H20F3N3O4. The number of aliphatic hydroxyl groups excluding tert-OH is 2. The minimum atomic E-state index is -1.74. The van der Waals surface area contributed by atoms with E-state index in [0.717, 1.165) is 31.4 Å². The van der Waals surface area contributed by atoms with Crippen LogP contribution in [0.25, 0.3) is 0 Å². The van der Waals surface area contributed by atoms with Gasteiger partial charge in [-0.2, -0.15) is 0 Å². The van der Waals surface area contributed by atoms with Gasteiger partial charge in [-0.25, -0.2) is 13.2 Å². The van der Waals surface area contributed by atoms with Gasteiger partial charge in [0.1, 0.15) is 11.8 Å². The van der Waals surface area contributed by atoms with Gasteiger partial charge in [0, 0.05) is 31.4 Å². The summed E-state index contributed by atoms with van der Waals surface area (Å²) in [6, 6.07) is 1.59. The van der Waals surface area contributed by atoms with E-state index in [-0.39, 0.29) is 22.9 Å². The first kappa shape index (κ1) is 20.3. The maximum Gasteiger partial charge on any atom is 0.274 e. The molecule has 160 valence electrons. The van der Waals surface area contributed by atoms with E-state index in [1.165, 1.54) is 11.1 Å². The number of benzene rings is 1. The van der Waals surface area contributed by atoms with Gasteiger partial charge >= 0.3 is 0 Å². The molecule has 30 heavy (non-hydrogen) atoms. The van der Waals surface area contributed by atoms with E-state index in [2.05, 4.69) is 5.32 Å². The molecular weight excluding hydrogens is 403 g/mol. The number of fused-ring (bicyclic) bond motifs is 4. The van der Waals surface area contributed by atoms with E-state index in [0.29, 0.717) is 13.1 Å². The highest BCUT2D eigenvalue weighted by atomic mass is 19.2. The van der Waals surface area contributed by atoms with Crippen LogP contribution in [-0.4, -0.2) is 57.1 Å². The van der Waals surface area contributed by atoms with Gasteiger partial charge in [0.05, 0.1) is 11.6 Å². The smallest absolute Gasteiger partial charge is 0.274 e. The molecule has 3 N–H and O–H groups in total. The minimum absolute atomic E-state index is 0.0520. The first-order valence-electron chi connectivity index (χ1n) is 9.60. The van der Waals surface area contributed by atoms with Gasteiger partial charge in [0.15, 0.2) is 23.2 Å². The Hall–Kier alpha value is -3.01. The lowest BCUT2D eigenvalue weighted by Gasteiger charge is -2.43. The molecule has 10 heteroatoms. The summed E-state index contributed by atoms with van der Waals surface area (Å²) in [6.45, 7) is 0.545. The molecule has 0 saturated carbocycles. The number of rotatable bonds is 3. The SMILES string of the molecule is O=C(NCc1ccc(F)c(F)c1F)C1=CN2C(=C(O)C1O)C(=O)N1CCCCC2C1. The third kappa shape index (κ3) is 3.30. The van der Waals surface area contributed by atoms with E-state index in [4.69, 9.17) is 0 Å². The van der Waals surface area contributed by atoms with Crippen molar-refractivity contribution in [2.45, 2.75) is 38.0 Å². The average molecular weight is 423 g/mol. The highest BCUT2D eigenvalue weighted by molar-refractivity contribution is 5.99. The van der Waals surface area contributed by atoms with Crippen LogP contribution in [0.3, 0.4) is 0 Å². The molecule has 2 fully saturated rings. The zero-order valence-electron chi connectivity index (χ0n) is 15.9.